The van der Waals surface area contributed by atoms with E-state index < -0.39 is 23.2 Å². The van der Waals surface area contributed by atoms with Crippen LogP contribution in [0.1, 0.15) is 35.8 Å². The summed E-state index contributed by atoms with van der Waals surface area (Å²) in [7, 11) is 4.40. The van der Waals surface area contributed by atoms with E-state index in [0.717, 1.165) is 11.1 Å². The summed E-state index contributed by atoms with van der Waals surface area (Å²) in [4.78, 5) is 25.7. The number of ether oxygens (including phenoxy) is 3. The number of hydrogen-bond acceptors (Lipinski definition) is 6. The molecular weight excluding hydrogens is 370 g/mol. The van der Waals surface area contributed by atoms with Gasteiger partial charge in [-0.25, -0.2) is 0 Å². The van der Waals surface area contributed by atoms with E-state index in [-0.39, 0.29) is 18.6 Å². The molecule has 0 N–H and O–H groups in total. The Hall–Kier alpha value is -3.33. The molecule has 29 heavy (non-hydrogen) atoms. The summed E-state index contributed by atoms with van der Waals surface area (Å²) < 4.78 is 15.5. The number of benzene rings is 2. The molecule has 1 unspecified atom stereocenters. The lowest BCUT2D eigenvalue weighted by molar-refractivity contribution is -0.154. The monoisotopic (exact) mass is 393 g/mol. The van der Waals surface area contributed by atoms with Crippen LogP contribution in [0.15, 0.2) is 48.5 Å². The number of carbonyl (C=O) groups is 2. The normalized spacial score (nSPS) is 23.7. The molecule has 6 nitrogen and oxygen atoms in total. The zero-order chi connectivity index (χ0) is 21.0. The Kier molecular flexibility index (Phi) is 5.88. The molecule has 1 fully saturated rings. The third-order valence-electron chi connectivity index (χ3n) is 5.71. The Bertz CT molecular complexity index is 868. The SMILES string of the molecule is COC(=O)C1(C#N)[C@@H](c2ccc(OC)cc2)CC(=O)C[C@H]1c1ccc(OC)cc1. The minimum atomic E-state index is -1.52. The van der Waals surface area contributed by atoms with Gasteiger partial charge in [0.1, 0.15) is 17.3 Å². The zero-order valence-electron chi connectivity index (χ0n) is 16.7. The van der Waals surface area contributed by atoms with Gasteiger partial charge in [0, 0.05) is 24.7 Å². The van der Waals surface area contributed by atoms with Gasteiger partial charge in [-0.3, -0.25) is 9.59 Å². The van der Waals surface area contributed by atoms with Crippen LogP contribution < -0.4 is 9.47 Å². The topological polar surface area (TPSA) is 85.6 Å². The first kappa shape index (κ1) is 20.4. The molecule has 0 bridgehead atoms. The number of esters is 1. The van der Waals surface area contributed by atoms with E-state index in [0.29, 0.717) is 11.5 Å². The van der Waals surface area contributed by atoms with Crippen LogP contribution in [-0.4, -0.2) is 33.1 Å². The van der Waals surface area contributed by atoms with Crippen molar-refractivity contribution in [1.82, 2.24) is 0 Å². The van der Waals surface area contributed by atoms with Crippen LogP contribution >= 0.6 is 0 Å². The highest BCUT2D eigenvalue weighted by Crippen LogP contribution is 2.54. The minimum absolute atomic E-state index is 0.00131. The Morgan fingerprint density at radius 1 is 0.897 bits per heavy atom. The summed E-state index contributed by atoms with van der Waals surface area (Å²) in [6.07, 6.45) is 0.198. The number of rotatable bonds is 5. The maximum absolute atomic E-state index is 13.0. The van der Waals surface area contributed by atoms with Gasteiger partial charge in [-0.2, -0.15) is 5.26 Å². The van der Waals surface area contributed by atoms with Crippen LogP contribution in [0.3, 0.4) is 0 Å². The van der Waals surface area contributed by atoms with Gasteiger partial charge >= 0.3 is 5.97 Å². The van der Waals surface area contributed by atoms with Gasteiger partial charge in [0.15, 0.2) is 5.41 Å². The van der Waals surface area contributed by atoms with Crippen LogP contribution in [0.2, 0.25) is 0 Å². The van der Waals surface area contributed by atoms with E-state index in [9.17, 15) is 14.9 Å². The number of Topliss-reactive ketones (excluding diaryl/α,β-unsaturated/α-hetero) is 1. The van der Waals surface area contributed by atoms with Crippen LogP contribution in [0.5, 0.6) is 11.5 Å². The first-order chi connectivity index (χ1) is 14.0. The molecule has 0 amide bonds. The number of methoxy groups -OCH3 is 3. The molecular formula is C23H23NO5. The summed E-state index contributed by atoms with van der Waals surface area (Å²) in [5.41, 5.74) is -0.0696. The second-order valence-electron chi connectivity index (χ2n) is 7.07. The summed E-state index contributed by atoms with van der Waals surface area (Å²) in [5.74, 6) is -0.569. The van der Waals surface area contributed by atoms with E-state index in [1.165, 1.54) is 7.11 Å². The van der Waals surface area contributed by atoms with Crippen LogP contribution in [0.4, 0.5) is 0 Å². The Morgan fingerprint density at radius 3 is 1.62 bits per heavy atom. The van der Waals surface area contributed by atoms with Gasteiger partial charge in [0.05, 0.1) is 27.4 Å². The summed E-state index contributed by atoms with van der Waals surface area (Å²) in [6, 6.07) is 16.5. The lowest BCUT2D eigenvalue weighted by Crippen LogP contribution is -2.47. The van der Waals surface area contributed by atoms with Crippen molar-refractivity contribution in [2.24, 2.45) is 5.41 Å². The number of carbonyl (C=O) groups excluding carboxylic acids is 2. The quantitative estimate of drug-likeness (QED) is 0.722. The predicted octanol–water partition coefficient (Wildman–Crippen LogP) is 3.62. The molecule has 6 heteroatoms. The number of nitrogens with zero attached hydrogens (tertiary/aromatic N) is 1. The van der Waals surface area contributed by atoms with Crippen LogP contribution in [0.25, 0.3) is 0 Å². The fourth-order valence-electron chi connectivity index (χ4n) is 4.19. The third kappa shape index (κ3) is 3.56. The summed E-state index contributed by atoms with van der Waals surface area (Å²) >= 11 is 0. The lowest BCUT2D eigenvalue weighted by atomic mass is 9.56. The van der Waals surface area contributed by atoms with Crippen molar-refractivity contribution in [3.8, 4) is 17.6 Å². The number of ketones is 1. The van der Waals surface area contributed by atoms with Gasteiger partial charge in [-0.15, -0.1) is 0 Å². The molecule has 0 saturated heterocycles. The fourth-order valence-corrected chi connectivity index (χ4v) is 4.19. The number of hydrogen-bond donors (Lipinski definition) is 0. The fraction of sp³-hybridized carbons (Fsp3) is 0.348. The molecule has 0 spiro atoms. The van der Waals surface area contributed by atoms with Gasteiger partial charge in [-0.1, -0.05) is 24.3 Å². The van der Waals surface area contributed by atoms with Crippen molar-refractivity contribution in [2.45, 2.75) is 24.7 Å². The Balaban J connectivity index is 2.16. The smallest absolute Gasteiger partial charge is 0.327 e. The van der Waals surface area contributed by atoms with Crippen molar-refractivity contribution >= 4 is 11.8 Å². The minimum Gasteiger partial charge on any atom is -0.497 e. The average molecular weight is 393 g/mol. The molecule has 150 valence electrons. The van der Waals surface area contributed by atoms with Crippen molar-refractivity contribution < 1.29 is 23.8 Å². The summed E-state index contributed by atoms with van der Waals surface area (Å²) in [6.45, 7) is 0. The first-order valence-electron chi connectivity index (χ1n) is 9.29. The largest absolute Gasteiger partial charge is 0.497 e. The van der Waals surface area contributed by atoms with Crippen LogP contribution in [-0.2, 0) is 14.3 Å². The molecule has 0 aliphatic heterocycles. The van der Waals surface area contributed by atoms with Crippen LogP contribution in [0, 0.1) is 16.7 Å². The lowest BCUT2D eigenvalue weighted by Gasteiger charge is -2.42. The van der Waals surface area contributed by atoms with Gasteiger partial charge in [-0.05, 0) is 35.4 Å². The van der Waals surface area contributed by atoms with Crippen molar-refractivity contribution in [3.05, 3.63) is 59.7 Å². The third-order valence-corrected chi connectivity index (χ3v) is 5.71. The summed E-state index contributed by atoms with van der Waals surface area (Å²) in [5, 5.41) is 10.3. The molecule has 2 aromatic carbocycles. The van der Waals surface area contributed by atoms with Crippen molar-refractivity contribution in [2.75, 3.05) is 21.3 Å². The molecule has 2 aromatic rings. The maximum Gasteiger partial charge on any atom is 0.327 e. The Morgan fingerprint density at radius 2 is 1.31 bits per heavy atom. The molecule has 1 aliphatic rings. The van der Waals surface area contributed by atoms with Gasteiger partial charge < -0.3 is 14.2 Å². The van der Waals surface area contributed by atoms with E-state index in [1.54, 1.807) is 62.8 Å². The molecule has 3 rings (SSSR count). The molecule has 1 aliphatic carbocycles. The standard InChI is InChI=1S/C23H23NO5/c1-27-18-8-4-15(5-9-18)20-12-17(25)13-21(23(20,14-24)22(26)29-3)16-6-10-19(28-2)11-7-16/h4-11,20-21H,12-13H2,1-3H3/t20-,21+,23?. The second-order valence-corrected chi connectivity index (χ2v) is 7.07. The second kappa shape index (κ2) is 8.36. The molecule has 1 saturated carbocycles. The highest BCUT2D eigenvalue weighted by molar-refractivity contribution is 5.90. The molecule has 3 atom stereocenters. The zero-order valence-corrected chi connectivity index (χ0v) is 16.7. The average Bonchev–Trinajstić information content (AvgIpc) is 2.78. The first-order valence-corrected chi connectivity index (χ1v) is 9.29. The van der Waals surface area contributed by atoms with Crippen molar-refractivity contribution in [1.29, 1.82) is 5.26 Å². The predicted molar refractivity (Wildman–Crippen MR) is 106 cm³/mol. The van der Waals surface area contributed by atoms with Crippen molar-refractivity contribution in [3.63, 3.8) is 0 Å². The molecule has 0 heterocycles. The number of nitriles is 1. The van der Waals surface area contributed by atoms with E-state index in [2.05, 4.69) is 6.07 Å². The van der Waals surface area contributed by atoms with E-state index in [4.69, 9.17) is 14.2 Å². The Labute approximate surface area is 170 Å². The highest BCUT2D eigenvalue weighted by atomic mass is 16.5. The molecule has 0 radical (unpaired) electrons. The maximum atomic E-state index is 13.0. The molecule has 0 aromatic heterocycles. The van der Waals surface area contributed by atoms with E-state index >= 15 is 0 Å². The highest BCUT2D eigenvalue weighted by Gasteiger charge is 2.58. The van der Waals surface area contributed by atoms with Gasteiger partial charge in [0.2, 0.25) is 0 Å². The van der Waals surface area contributed by atoms with Gasteiger partial charge in [0.25, 0.3) is 0 Å². The van der Waals surface area contributed by atoms with E-state index in [1.807, 2.05) is 0 Å².